The molecular weight excluding hydrogens is 269 g/mol. The molecule has 116 valence electrons. The third-order valence-corrected chi connectivity index (χ3v) is 3.98. The second-order valence-electron chi connectivity index (χ2n) is 5.97. The van der Waals surface area contributed by atoms with Gasteiger partial charge in [-0.1, -0.05) is 13.8 Å². The number of nitrogens with one attached hydrogen (secondary N) is 1. The van der Waals surface area contributed by atoms with Crippen molar-refractivity contribution >= 4 is 11.6 Å². The van der Waals surface area contributed by atoms with Gasteiger partial charge in [-0.25, -0.2) is 4.39 Å². The minimum atomic E-state index is -0.216. The number of hydrogen-bond acceptors (Lipinski definition) is 3. The number of nitrogens with zero attached hydrogens (tertiary/aromatic N) is 1. The van der Waals surface area contributed by atoms with Gasteiger partial charge in [-0.15, -0.1) is 0 Å². The highest BCUT2D eigenvalue weighted by Crippen LogP contribution is 2.27. The van der Waals surface area contributed by atoms with Crippen LogP contribution >= 0.6 is 0 Å². The minimum Gasteiger partial charge on any atom is -0.371 e. The zero-order valence-electron chi connectivity index (χ0n) is 12.7. The van der Waals surface area contributed by atoms with Crippen molar-refractivity contribution < 1.29 is 9.18 Å². The second kappa shape index (κ2) is 6.89. The molecule has 0 bridgehead atoms. The van der Waals surface area contributed by atoms with Crippen LogP contribution in [0.4, 0.5) is 10.1 Å². The molecule has 4 nitrogen and oxygen atoms in total. The lowest BCUT2D eigenvalue weighted by molar-refractivity contribution is -0.122. The van der Waals surface area contributed by atoms with Crippen molar-refractivity contribution in [3.8, 4) is 0 Å². The Kier molecular flexibility index (Phi) is 5.17. The van der Waals surface area contributed by atoms with E-state index in [2.05, 4.69) is 24.1 Å². The molecule has 21 heavy (non-hydrogen) atoms. The fourth-order valence-corrected chi connectivity index (χ4v) is 2.72. The highest BCUT2D eigenvalue weighted by atomic mass is 19.1. The molecule has 2 rings (SSSR count). The molecule has 0 spiro atoms. The zero-order chi connectivity index (χ0) is 15.4. The number of amides is 1. The van der Waals surface area contributed by atoms with Gasteiger partial charge in [-0.3, -0.25) is 4.79 Å². The number of hydrogen-bond donors (Lipinski definition) is 2. The van der Waals surface area contributed by atoms with Crippen molar-refractivity contribution in [1.29, 1.82) is 0 Å². The molecule has 1 fully saturated rings. The van der Waals surface area contributed by atoms with Crippen LogP contribution in [0.5, 0.6) is 0 Å². The van der Waals surface area contributed by atoms with E-state index in [1.165, 1.54) is 6.07 Å². The lowest BCUT2D eigenvalue weighted by Crippen LogP contribution is -2.39. The van der Waals surface area contributed by atoms with E-state index in [0.29, 0.717) is 12.6 Å². The van der Waals surface area contributed by atoms with Crippen molar-refractivity contribution in [1.82, 2.24) is 5.32 Å². The van der Waals surface area contributed by atoms with Crippen LogP contribution in [0.3, 0.4) is 0 Å². The van der Waals surface area contributed by atoms with Crippen molar-refractivity contribution in [2.24, 2.45) is 11.7 Å². The molecule has 0 radical (unpaired) electrons. The van der Waals surface area contributed by atoms with E-state index in [4.69, 9.17) is 5.73 Å². The highest BCUT2D eigenvalue weighted by molar-refractivity contribution is 5.77. The number of nitrogens with two attached hydrogens (primary N) is 1. The summed E-state index contributed by atoms with van der Waals surface area (Å²) in [6, 6.07) is 5.26. The van der Waals surface area contributed by atoms with E-state index in [1.807, 2.05) is 6.07 Å². The maximum atomic E-state index is 13.5. The molecule has 0 aliphatic carbocycles. The van der Waals surface area contributed by atoms with E-state index in [9.17, 15) is 9.18 Å². The Morgan fingerprint density at radius 2 is 2.10 bits per heavy atom. The number of primary amides is 1. The highest BCUT2D eigenvalue weighted by Gasteiger charge is 2.24. The molecule has 1 saturated heterocycles. The summed E-state index contributed by atoms with van der Waals surface area (Å²) >= 11 is 0. The summed E-state index contributed by atoms with van der Waals surface area (Å²) in [6.07, 6.45) is 1.54. The van der Waals surface area contributed by atoms with Crippen LogP contribution in [0.2, 0.25) is 0 Å². The molecule has 1 aliphatic heterocycles. The Hall–Kier alpha value is -1.62. The van der Waals surface area contributed by atoms with Gasteiger partial charge in [0, 0.05) is 37.3 Å². The number of piperidine rings is 1. The minimum absolute atomic E-state index is 0.0288. The predicted octanol–water partition coefficient (Wildman–Crippen LogP) is 2.03. The average molecular weight is 293 g/mol. The standard InChI is InChI=1S/C16H24FN3O/c1-11(2)19-10-13-9-14(17)3-4-15(13)20-7-5-12(6-8-20)16(18)21/h3-4,9,11-12,19H,5-8,10H2,1-2H3,(H2,18,21). The molecule has 0 saturated carbocycles. The Bertz CT molecular complexity index is 496. The zero-order valence-corrected chi connectivity index (χ0v) is 12.7. The van der Waals surface area contributed by atoms with Crippen molar-refractivity contribution in [2.45, 2.75) is 39.3 Å². The van der Waals surface area contributed by atoms with Crippen LogP contribution in [-0.4, -0.2) is 25.0 Å². The van der Waals surface area contributed by atoms with Gasteiger partial charge >= 0.3 is 0 Å². The maximum Gasteiger partial charge on any atom is 0.220 e. The monoisotopic (exact) mass is 293 g/mol. The first-order valence-corrected chi connectivity index (χ1v) is 7.53. The Morgan fingerprint density at radius 1 is 1.43 bits per heavy atom. The SMILES string of the molecule is CC(C)NCc1cc(F)ccc1N1CCC(C(N)=O)CC1. The molecular formula is C16H24FN3O. The van der Waals surface area contributed by atoms with Gasteiger partial charge in [-0.2, -0.15) is 0 Å². The van der Waals surface area contributed by atoms with Crippen LogP contribution in [-0.2, 0) is 11.3 Å². The molecule has 0 atom stereocenters. The maximum absolute atomic E-state index is 13.5. The van der Waals surface area contributed by atoms with Crippen molar-refractivity contribution in [2.75, 3.05) is 18.0 Å². The van der Waals surface area contributed by atoms with Crippen molar-refractivity contribution in [3.63, 3.8) is 0 Å². The second-order valence-corrected chi connectivity index (χ2v) is 5.97. The van der Waals surface area contributed by atoms with Gasteiger partial charge in [0.2, 0.25) is 5.91 Å². The summed E-state index contributed by atoms with van der Waals surface area (Å²) < 4.78 is 13.5. The van der Waals surface area contributed by atoms with Crippen LogP contribution in [0.1, 0.15) is 32.3 Å². The van der Waals surface area contributed by atoms with E-state index >= 15 is 0 Å². The number of rotatable bonds is 5. The molecule has 1 heterocycles. The lowest BCUT2D eigenvalue weighted by Gasteiger charge is -2.33. The first-order chi connectivity index (χ1) is 9.97. The number of carbonyl (C=O) groups excluding carboxylic acids is 1. The van der Waals surface area contributed by atoms with Crippen molar-refractivity contribution in [3.05, 3.63) is 29.6 Å². The van der Waals surface area contributed by atoms with Gasteiger partial charge in [0.25, 0.3) is 0 Å². The third kappa shape index (κ3) is 4.17. The molecule has 0 unspecified atom stereocenters. The van der Waals surface area contributed by atoms with Crippen LogP contribution in [0.15, 0.2) is 18.2 Å². The lowest BCUT2D eigenvalue weighted by atomic mass is 9.95. The normalized spacial score (nSPS) is 16.5. The molecule has 0 aromatic heterocycles. The van der Waals surface area contributed by atoms with Crippen LogP contribution in [0, 0.1) is 11.7 Å². The fourth-order valence-electron chi connectivity index (χ4n) is 2.72. The summed E-state index contributed by atoms with van der Waals surface area (Å²) in [5.41, 5.74) is 7.37. The molecule has 5 heteroatoms. The number of benzene rings is 1. The van der Waals surface area contributed by atoms with Gasteiger partial charge in [0.1, 0.15) is 5.82 Å². The fraction of sp³-hybridized carbons (Fsp3) is 0.562. The number of halogens is 1. The molecule has 1 aromatic rings. The molecule has 1 aromatic carbocycles. The van der Waals surface area contributed by atoms with Gasteiger partial charge in [0.15, 0.2) is 0 Å². The Balaban J connectivity index is 2.10. The van der Waals surface area contributed by atoms with E-state index < -0.39 is 0 Å². The Morgan fingerprint density at radius 3 is 2.67 bits per heavy atom. The summed E-state index contributed by atoms with van der Waals surface area (Å²) in [5, 5.41) is 3.33. The molecule has 1 amide bonds. The number of anilines is 1. The summed E-state index contributed by atoms with van der Waals surface area (Å²) in [5.74, 6) is -0.458. The van der Waals surface area contributed by atoms with Crippen LogP contribution < -0.4 is 16.0 Å². The third-order valence-electron chi connectivity index (χ3n) is 3.98. The number of carbonyl (C=O) groups is 1. The largest absolute Gasteiger partial charge is 0.371 e. The van der Waals surface area contributed by atoms with Crippen LogP contribution in [0.25, 0.3) is 0 Å². The van der Waals surface area contributed by atoms with Gasteiger partial charge in [0.05, 0.1) is 0 Å². The predicted molar refractivity (Wildman–Crippen MR) is 82.5 cm³/mol. The topological polar surface area (TPSA) is 58.4 Å². The Labute approximate surface area is 125 Å². The first-order valence-electron chi connectivity index (χ1n) is 7.53. The molecule has 3 N–H and O–H groups in total. The summed E-state index contributed by atoms with van der Waals surface area (Å²) in [6.45, 7) is 6.34. The van der Waals surface area contributed by atoms with E-state index in [0.717, 1.165) is 37.2 Å². The quantitative estimate of drug-likeness (QED) is 0.873. The van der Waals surface area contributed by atoms with E-state index in [1.54, 1.807) is 6.07 Å². The summed E-state index contributed by atoms with van der Waals surface area (Å²) in [7, 11) is 0. The van der Waals surface area contributed by atoms with Gasteiger partial charge in [-0.05, 0) is 36.6 Å². The first kappa shape index (κ1) is 15.8. The smallest absolute Gasteiger partial charge is 0.220 e. The summed E-state index contributed by atoms with van der Waals surface area (Å²) in [4.78, 5) is 13.4. The van der Waals surface area contributed by atoms with E-state index in [-0.39, 0.29) is 17.6 Å². The van der Waals surface area contributed by atoms with Gasteiger partial charge < -0.3 is 16.0 Å². The molecule has 1 aliphatic rings. The average Bonchev–Trinajstić information content (AvgIpc) is 2.45.